The summed E-state index contributed by atoms with van der Waals surface area (Å²) in [6, 6.07) is 0. The van der Waals surface area contributed by atoms with Crippen LogP contribution in [0.25, 0.3) is 0 Å². The maximum absolute atomic E-state index is 8.76. The highest BCUT2D eigenvalue weighted by atomic mass is 16.3. The van der Waals surface area contributed by atoms with Gasteiger partial charge in [0.2, 0.25) is 0 Å². The molecule has 0 amide bonds. The number of aliphatic hydroxyl groups is 2. The molecule has 0 radical (unpaired) electrons. The van der Waals surface area contributed by atoms with Crippen molar-refractivity contribution in [1.29, 1.82) is 0 Å². The van der Waals surface area contributed by atoms with Crippen molar-refractivity contribution in [2.45, 2.75) is 20.8 Å². The van der Waals surface area contributed by atoms with Crippen molar-refractivity contribution in [3.05, 3.63) is 23.3 Å². The summed E-state index contributed by atoms with van der Waals surface area (Å²) >= 11 is 0. The summed E-state index contributed by atoms with van der Waals surface area (Å²) in [5.41, 5.74) is 2.02. The molecule has 2 heteroatoms. The summed E-state index contributed by atoms with van der Waals surface area (Å²) < 4.78 is 0. The fourth-order valence-electron chi connectivity index (χ4n) is 0.984. The van der Waals surface area contributed by atoms with Crippen LogP contribution in [0.4, 0.5) is 0 Å². The minimum Gasteiger partial charge on any atom is -0.396 e. The van der Waals surface area contributed by atoms with Crippen LogP contribution in [0.2, 0.25) is 0 Å². The third kappa shape index (κ3) is 5.10. The highest BCUT2D eigenvalue weighted by Crippen LogP contribution is 2.05. The molecule has 0 aromatic heterocycles. The van der Waals surface area contributed by atoms with E-state index in [0.717, 1.165) is 11.1 Å². The SMILES string of the molecule is CC(=C/C(C)CO)/C=C(/C)CO. The van der Waals surface area contributed by atoms with Crippen molar-refractivity contribution in [2.75, 3.05) is 13.2 Å². The van der Waals surface area contributed by atoms with E-state index in [2.05, 4.69) is 0 Å². The molecule has 2 N–H and O–H groups in total. The molecule has 0 heterocycles. The van der Waals surface area contributed by atoms with Gasteiger partial charge in [-0.3, -0.25) is 0 Å². The number of aliphatic hydroxyl groups excluding tert-OH is 2. The summed E-state index contributed by atoms with van der Waals surface area (Å²) in [6.07, 6.45) is 3.91. The van der Waals surface area contributed by atoms with Gasteiger partial charge in [-0.05, 0) is 25.3 Å². The van der Waals surface area contributed by atoms with E-state index in [-0.39, 0.29) is 19.1 Å². The first-order chi connectivity index (χ1) is 5.60. The van der Waals surface area contributed by atoms with Gasteiger partial charge in [-0.15, -0.1) is 0 Å². The van der Waals surface area contributed by atoms with Crippen LogP contribution < -0.4 is 0 Å². The zero-order chi connectivity index (χ0) is 9.56. The van der Waals surface area contributed by atoms with Crippen LogP contribution in [0.3, 0.4) is 0 Å². The Bertz CT molecular complexity index is 180. The standard InChI is InChI=1S/C10H18O2/c1-8(4-9(2)6-11)5-10(3)7-12/h4-5,9,11-12H,6-7H2,1-3H3/b8-4-,10-5-. The van der Waals surface area contributed by atoms with Gasteiger partial charge in [0.25, 0.3) is 0 Å². The Hall–Kier alpha value is -0.600. The summed E-state index contributed by atoms with van der Waals surface area (Å²) in [6.45, 7) is 6.06. The van der Waals surface area contributed by atoms with E-state index in [1.807, 2.05) is 32.9 Å². The Labute approximate surface area is 74.2 Å². The molecule has 0 aliphatic carbocycles. The summed E-state index contributed by atoms with van der Waals surface area (Å²) in [5, 5.41) is 17.5. The molecule has 1 atom stereocenters. The second-order valence-electron chi connectivity index (χ2n) is 3.22. The minimum absolute atomic E-state index is 0.0959. The first kappa shape index (κ1) is 11.4. The van der Waals surface area contributed by atoms with Gasteiger partial charge < -0.3 is 10.2 Å². The van der Waals surface area contributed by atoms with Crippen molar-refractivity contribution in [2.24, 2.45) is 5.92 Å². The number of allylic oxidation sites excluding steroid dienone is 2. The zero-order valence-electron chi connectivity index (χ0n) is 8.04. The summed E-state index contributed by atoms with van der Waals surface area (Å²) in [7, 11) is 0. The molecule has 0 aromatic rings. The number of hydrogen-bond donors (Lipinski definition) is 2. The molecule has 12 heavy (non-hydrogen) atoms. The molecule has 0 aliphatic rings. The van der Waals surface area contributed by atoms with Crippen molar-refractivity contribution < 1.29 is 10.2 Å². The van der Waals surface area contributed by atoms with Gasteiger partial charge in [-0.2, -0.15) is 0 Å². The van der Waals surface area contributed by atoms with Crippen LogP contribution in [-0.4, -0.2) is 23.4 Å². The van der Waals surface area contributed by atoms with E-state index >= 15 is 0 Å². The lowest BCUT2D eigenvalue weighted by molar-refractivity contribution is 0.261. The van der Waals surface area contributed by atoms with E-state index in [1.165, 1.54) is 0 Å². The first-order valence-electron chi connectivity index (χ1n) is 4.17. The van der Waals surface area contributed by atoms with Crippen molar-refractivity contribution >= 4 is 0 Å². The van der Waals surface area contributed by atoms with Crippen LogP contribution in [-0.2, 0) is 0 Å². The van der Waals surface area contributed by atoms with Crippen LogP contribution in [0.1, 0.15) is 20.8 Å². The van der Waals surface area contributed by atoms with Crippen molar-refractivity contribution in [3.8, 4) is 0 Å². The average molecular weight is 170 g/mol. The fourth-order valence-corrected chi connectivity index (χ4v) is 0.984. The average Bonchev–Trinajstić information content (AvgIpc) is 2.03. The fraction of sp³-hybridized carbons (Fsp3) is 0.600. The van der Waals surface area contributed by atoms with Gasteiger partial charge in [0, 0.05) is 6.61 Å². The summed E-state index contributed by atoms with van der Waals surface area (Å²) in [5.74, 6) is 0.188. The smallest absolute Gasteiger partial charge is 0.0642 e. The molecular formula is C10H18O2. The highest BCUT2D eigenvalue weighted by molar-refractivity contribution is 5.21. The van der Waals surface area contributed by atoms with Gasteiger partial charge in [-0.25, -0.2) is 0 Å². The predicted molar refractivity (Wildman–Crippen MR) is 50.8 cm³/mol. The monoisotopic (exact) mass is 170 g/mol. The third-order valence-electron chi connectivity index (χ3n) is 1.56. The lowest BCUT2D eigenvalue weighted by Gasteiger charge is -2.02. The van der Waals surface area contributed by atoms with Gasteiger partial charge in [0.1, 0.15) is 0 Å². The number of rotatable bonds is 4. The first-order valence-corrected chi connectivity index (χ1v) is 4.17. The molecule has 70 valence electrons. The van der Waals surface area contributed by atoms with E-state index in [1.54, 1.807) is 0 Å². The van der Waals surface area contributed by atoms with E-state index < -0.39 is 0 Å². The Morgan fingerprint density at radius 3 is 2.33 bits per heavy atom. The Balaban J connectivity index is 4.18. The second kappa shape index (κ2) is 5.98. The van der Waals surface area contributed by atoms with Crippen LogP contribution in [0.15, 0.2) is 23.3 Å². The molecule has 1 unspecified atom stereocenters. The molecule has 0 spiro atoms. The zero-order valence-corrected chi connectivity index (χ0v) is 8.04. The van der Waals surface area contributed by atoms with Gasteiger partial charge in [0.15, 0.2) is 0 Å². The van der Waals surface area contributed by atoms with E-state index in [4.69, 9.17) is 10.2 Å². The topological polar surface area (TPSA) is 40.5 Å². The number of hydrogen-bond acceptors (Lipinski definition) is 2. The third-order valence-corrected chi connectivity index (χ3v) is 1.56. The maximum atomic E-state index is 8.76. The predicted octanol–water partition coefficient (Wildman–Crippen LogP) is 1.50. The lowest BCUT2D eigenvalue weighted by Crippen LogP contribution is -1.96. The molecule has 0 rings (SSSR count). The largest absolute Gasteiger partial charge is 0.396 e. The molecule has 0 aliphatic heterocycles. The van der Waals surface area contributed by atoms with Gasteiger partial charge >= 0.3 is 0 Å². The van der Waals surface area contributed by atoms with E-state index in [9.17, 15) is 0 Å². The normalized spacial score (nSPS) is 16.4. The molecule has 0 saturated heterocycles. The van der Waals surface area contributed by atoms with Crippen molar-refractivity contribution in [1.82, 2.24) is 0 Å². The lowest BCUT2D eigenvalue weighted by atomic mass is 10.1. The molecule has 0 saturated carbocycles. The summed E-state index contributed by atoms with van der Waals surface area (Å²) in [4.78, 5) is 0. The quantitative estimate of drug-likeness (QED) is 0.628. The minimum atomic E-state index is 0.0959. The second-order valence-corrected chi connectivity index (χ2v) is 3.22. The Kier molecular flexibility index (Phi) is 5.68. The van der Waals surface area contributed by atoms with Crippen molar-refractivity contribution in [3.63, 3.8) is 0 Å². The molecule has 0 bridgehead atoms. The molecule has 0 aromatic carbocycles. The van der Waals surface area contributed by atoms with E-state index in [0.29, 0.717) is 0 Å². The van der Waals surface area contributed by atoms with Crippen LogP contribution in [0.5, 0.6) is 0 Å². The Morgan fingerprint density at radius 1 is 1.33 bits per heavy atom. The van der Waals surface area contributed by atoms with Crippen LogP contribution >= 0.6 is 0 Å². The molecule has 0 fully saturated rings. The van der Waals surface area contributed by atoms with Crippen LogP contribution in [0, 0.1) is 5.92 Å². The Morgan fingerprint density at radius 2 is 1.92 bits per heavy atom. The highest BCUT2D eigenvalue weighted by Gasteiger charge is 1.94. The maximum Gasteiger partial charge on any atom is 0.0642 e. The molecule has 2 nitrogen and oxygen atoms in total. The van der Waals surface area contributed by atoms with Gasteiger partial charge in [0.05, 0.1) is 6.61 Å². The molecular weight excluding hydrogens is 152 g/mol. The van der Waals surface area contributed by atoms with Gasteiger partial charge in [-0.1, -0.05) is 24.6 Å².